The van der Waals surface area contributed by atoms with E-state index in [0.29, 0.717) is 0 Å². The first-order valence-electron chi connectivity index (χ1n) is 7.05. The van der Waals surface area contributed by atoms with Gasteiger partial charge in [-0.3, -0.25) is 9.59 Å². The maximum atomic E-state index is 12.6. The number of H-pyrrole nitrogens is 1. The molecule has 2 N–H and O–H groups in total. The summed E-state index contributed by atoms with van der Waals surface area (Å²) in [4.78, 5) is 37.6. The summed E-state index contributed by atoms with van der Waals surface area (Å²) in [7, 11) is 0. The zero-order valence-corrected chi connectivity index (χ0v) is 12.9. The maximum Gasteiger partial charge on any atom is 0.416 e. The van der Waals surface area contributed by atoms with Crippen LogP contribution in [0.4, 0.5) is 18.9 Å². The van der Waals surface area contributed by atoms with Crippen molar-refractivity contribution in [3.63, 3.8) is 0 Å². The standard InChI is InChI=1S/C16H13F3N2O4/c1-9(25-15(24)12-6-3-7-20-14(12)23)13(22)21-11-5-2-4-10(8-11)16(17,18)19/h2-9H,1H3,(H,20,23)(H,21,22)/t9-/m1/s1. The Balaban J connectivity index is 2.05. The fourth-order valence-corrected chi connectivity index (χ4v) is 1.88. The van der Waals surface area contributed by atoms with Crippen LogP contribution in [0.3, 0.4) is 0 Å². The summed E-state index contributed by atoms with van der Waals surface area (Å²) in [6.45, 7) is 1.23. The van der Waals surface area contributed by atoms with Crippen LogP contribution in [0, 0.1) is 0 Å². The number of aromatic amines is 1. The predicted molar refractivity (Wildman–Crippen MR) is 82.0 cm³/mol. The SMILES string of the molecule is C[C@@H](OC(=O)c1ccc[nH]c1=O)C(=O)Nc1cccc(C(F)(F)F)c1. The fourth-order valence-electron chi connectivity index (χ4n) is 1.88. The topological polar surface area (TPSA) is 88.3 Å². The summed E-state index contributed by atoms with van der Waals surface area (Å²) in [5.41, 5.74) is -2.00. The third-order valence-electron chi connectivity index (χ3n) is 3.15. The molecule has 9 heteroatoms. The largest absolute Gasteiger partial charge is 0.449 e. The van der Waals surface area contributed by atoms with E-state index in [9.17, 15) is 27.6 Å². The van der Waals surface area contributed by atoms with E-state index in [-0.39, 0.29) is 11.3 Å². The highest BCUT2D eigenvalue weighted by Gasteiger charge is 2.30. The van der Waals surface area contributed by atoms with Gasteiger partial charge in [0.2, 0.25) is 0 Å². The number of aromatic nitrogens is 1. The van der Waals surface area contributed by atoms with Crippen molar-refractivity contribution in [2.45, 2.75) is 19.2 Å². The number of amides is 1. The molecule has 0 saturated carbocycles. The minimum absolute atomic E-state index is 0.0970. The highest BCUT2D eigenvalue weighted by atomic mass is 19.4. The average molecular weight is 354 g/mol. The van der Waals surface area contributed by atoms with Crippen LogP contribution in [0.2, 0.25) is 0 Å². The molecular formula is C16H13F3N2O4. The van der Waals surface area contributed by atoms with Crippen LogP contribution in [-0.2, 0) is 15.7 Å². The quantitative estimate of drug-likeness (QED) is 0.826. The number of carbonyl (C=O) groups is 2. The normalized spacial score (nSPS) is 12.3. The molecule has 1 aromatic carbocycles. The van der Waals surface area contributed by atoms with Gasteiger partial charge in [-0.15, -0.1) is 0 Å². The van der Waals surface area contributed by atoms with Gasteiger partial charge in [0, 0.05) is 11.9 Å². The Bertz CT molecular complexity index is 846. The molecule has 1 atom stereocenters. The smallest absolute Gasteiger partial charge is 0.416 e. The number of carbonyl (C=O) groups excluding carboxylic acids is 2. The zero-order valence-electron chi connectivity index (χ0n) is 12.9. The van der Waals surface area contributed by atoms with Crippen molar-refractivity contribution in [1.82, 2.24) is 4.98 Å². The molecule has 0 radical (unpaired) electrons. The lowest BCUT2D eigenvalue weighted by Crippen LogP contribution is -2.31. The summed E-state index contributed by atoms with van der Waals surface area (Å²) in [5.74, 6) is -1.85. The minimum Gasteiger partial charge on any atom is -0.449 e. The second-order valence-electron chi connectivity index (χ2n) is 5.03. The van der Waals surface area contributed by atoms with Crippen LogP contribution in [0.5, 0.6) is 0 Å². The van der Waals surface area contributed by atoms with E-state index in [1.54, 1.807) is 0 Å². The number of alkyl halides is 3. The summed E-state index contributed by atoms with van der Waals surface area (Å²) in [5, 5.41) is 2.22. The van der Waals surface area contributed by atoms with Crippen molar-refractivity contribution < 1.29 is 27.5 Å². The number of ether oxygens (including phenoxy) is 1. The van der Waals surface area contributed by atoms with Crippen LogP contribution < -0.4 is 10.9 Å². The van der Waals surface area contributed by atoms with Gasteiger partial charge < -0.3 is 15.0 Å². The zero-order chi connectivity index (χ0) is 18.6. The Morgan fingerprint density at radius 1 is 1.20 bits per heavy atom. The van der Waals surface area contributed by atoms with Gasteiger partial charge in [0.05, 0.1) is 5.56 Å². The van der Waals surface area contributed by atoms with Crippen LogP contribution in [-0.4, -0.2) is 23.0 Å². The van der Waals surface area contributed by atoms with E-state index in [2.05, 4.69) is 10.3 Å². The lowest BCUT2D eigenvalue weighted by Gasteiger charge is -2.14. The first-order valence-corrected chi connectivity index (χ1v) is 7.05. The Morgan fingerprint density at radius 2 is 1.92 bits per heavy atom. The molecule has 0 aliphatic heterocycles. The van der Waals surface area contributed by atoms with Gasteiger partial charge in [0.15, 0.2) is 6.10 Å². The highest BCUT2D eigenvalue weighted by Crippen LogP contribution is 2.30. The highest BCUT2D eigenvalue weighted by molar-refractivity contribution is 5.97. The number of pyridine rings is 1. The molecule has 0 saturated heterocycles. The second kappa shape index (κ2) is 7.20. The molecular weight excluding hydrogens is 341 g/mol. The molecule has 0 spiro atoms. The molecule has 0 bridgehead atoms. The van der Waals surface area contributed by atoms with Crippen LogP contribution in [0.15, 0.2) is 47.4 Å². The summed E-state index contributed by atoms with van der Waals surface area (Å²) in [6.07, 6.45) is -4.54. The molecule has 1 aromatic heterocycles. The molecule has 25 heavy (non-hydrogen) atoms. The monoisotopic (exact) mass is 354 g/mol. The molecule has 132 valence electrons. The Kier molecular flexibility index (Phi) is 5.26. The van der Waals surface area contributed by atoms with Crippen molar-refractivity contribution in [3.05, 3.63) is 64.1 Å². The van der Waals surface area contributed by atoms with Gasteiger partial charge in [-0.2, -0.15) is 13.2 Å². The van der Waals surface area contributed by atoms with Gasteiger partial charge in [0.1, 0.15) is 5.56 Å². The predicted octanol–water partition coefficient (Wildman–Crippen LogP) is 2.58. The van der Waals surface area contributed by atoms with Crippen LogP contribution in [0.25, 0.3) is 0 Å². The number of halogens is 3. The second-order valence-corrected chi connectivity index (χ2v) is 5.03. The fraction of sp³-hybridized carbons (Fsp3) is 0.188. The maximum absolute atomic E-state index is 12.6. The van der Waals surface area contributed by atoms with Crippen molar-refractivity contribution in [1.29, 1.82) is 0 Å². The van der Waals surface area contributed by atoms with E-state index >= 15 is 0 Å². The van der Waals surface area contributed by atoms with Crippen molar-refractivity contribution >= 4 is 17.6 Å². The number of hydrogen-bond donors (Lipinski definition) is 2. The van der Waals surface area contributed by atoms with Crippen molar-refractivity contribution in [2.75, 3.05) is 5.32 Å². The molecule has 0 unspecified atom stereocenters. The van der Waals surface area contributed by atoms with Crippen molar-refractivity contribution in [2.24, 2.45) is 0 Å². The average Bonchev–Trinajstić information content (AvgIpc) is 2.54. The van der Waals surface area contributed by atoms with Gasteiger partial charge >= 0.3 is 12.1 Å². The van der Waals surface area contributed by atoms with E-state index in [0.717, 1.165) is 18.2 Å². The Hall–Kier alpha value is -3.10. The molecule has 1 heterocycles. The Morgan fingerprint density at radius 3 is 2.56 bits per heavy atom. The first kappa shape index (κ1) is 18.2. The molecule has 0 fully saturated rings. The summed E-state index contributed by atoms with van der Waals surface area (Å²) >= 11 is 0. The van der Waals surface area contributed by atoms with Gasteiger partial charge in [-0.1, -0.05) is 6.07 Å². The number of rotatable bonds is 4. The minimum atomic E-state index is -4.55. The number of benzene rings is 1. The lowest BCUT2D eigenvalue weighted by molar-refractivity contribution is -0.137. The Labute approximate surface area is 139 Å². The third-order valence-corrected chi connectivity index (χ3v) is 3.15. The van der Waals surface area contributed by atoms with E-state index in [1.807, 2.05) is 0 Å². The van der Waals surface area contributed by atoms with E-state index < -0.39 is 35.3 Å². The van der Waals surface area contributed by atoms with Crippen LogP contribution >= 0.6 is 0 Å². The number of esters is 1. The van der Waals surface area contributed by atoms with E-state index in [4.69, 9.17) is 4.74 Å². The van der Waals surface area contributed by atoms with Crippen molar-refractivity contribution in [3.8, 4) is 0 Å². The molecule has 0 aliphatic carbocycles. The third kappa shape index (κ3) is 4.69. The lowest BCUT2D eigenvalue weighted by atomic mass is 10.2. The summed E-state index contributed by atoms with van der Waals surface area (Å²) in [6, 6.07) is 6.65. The molecule has 2 aromatic rings. The molecule has 1 amide bonds. The molecule has 6 nitrogen and oxygen atoms in total. The number of hydrogen-bond acceptors (Lipinski definition) is 4. The van der Waals surface area contributed by atoms with Gasteiger partial charge in [-0.25, -0.2) is 4.79 Å². The first-order chi connectivity index (χ1) is 11.7. The van der Waals surface area contributed by atoms with Gasteiger partial charge in [0.25, 0.3) is 11.5 Å². The molecule has 0 aliphatic rings. The van der Waals surface area contributed by atoms with E-state index in [1.165, 1.54) is 31.3 Å². The molecule has 2 rings (SSSR count). The summed E-state index contributed by atoms with van der Waals surface area (Å²) < 4.78 is 42.8. The number of nitrogens with one attached hydrogen (secondary N) is 2. The van der Waals surface area contributed by atoms with Gasteiger partial charge in [-0.05, 0) is 37.3 Å². The number of anilines is 1. The van der Waals surface area contributed by atoms with Crippen LogP contribution in [0.1, 0.15) is 22.8 Å².